The summed E-state index contributed by atoms with van der Waals surface area (Å²) < 4.78 is 5.55. The molecule has 0 fully saturated rings. The number of benzene rings is 2. The molecule has 2 aromatic rings. The van der Waals surface area contributed by atoms with Gasteiger partial charge in [-0.05, 0) is 43.7 Å². The molecular weight excluding hydrogens is 320 g/mol. The topological polar surface area (TPSA) is 92.9 Å². The number of nitrogens with zero attached hydrogens (tertiary/aromatic N) is 1. The molecule has 25 heavy (non-hydrogen) atoms. The molecule has 0 radical (unpaired) electrons. The van der Waals surface area contributed by atoms with Crippen LogP contribution in [0.15, 0.2) is 36.4 Å². The second-order valence-electron chi connectivity index (χ2n) is 6.98. The number of ether oxygens (including phenoxy) is 1. The minimum Gasteiger partial charge on any atom is -0.480 e. The van der Waals surface area contributed by atoms with Crippen molar-refractivity contribution >= 4 is 28.3 Å². The number of carboxylic acid groups (broad SMARTS) is 1. The van der Waals surface area contributed by atoms with Crippen LogP contribution >= 0.6 is 0 Å². The highest BCUT2D eigenvalue weighted by Gasteiger charge is 2.30. The van der Waals surface area contributed by atoms with Gasteiger partial charge in [-0.25, -0.2) is 4.79 Å². The minimum absolute atomic E-state index is 0.103. The van der Waals surface area contributed by atoms with E-state index in [-0.39, 0.29) is 12.2 Å². The van der Waals surface area contributed by atoms with Gasteiger partial charge in [-0.3, -0.25) is 4.79 Å². The molecule has 0 saturated carbocycles. The van der Waals surface area contributed by atoms with Gasteiger partial charge in [-0.1, -0.05) is 24.3 Å². The molecule has 0 heterocycles. The summed E-state index contributed by atoms with van der Waals surface area (Å²) in [4.78, 5) is 25.6. The lowest BCUT2D eigenvalue weighted by atomic mass is 10.0. The smallest absolute Gasteiger partial charge is 0.328 e. The van der Waals surface area contributed by atoms with Crippen molar-refractivity contribution < 1.29 is 19.4 Å². The zero-order chi connectivity index (χ0) is 18.8. The van der Waals surface area contributed by atoms with E-state index in [1.807, 2.05) is 45.0 Å². The summed E-state index contributed by atoms with van der Waals surface area (Å²) in [5, 5.41) is 11.3. The third-order valence-electron chi connectivity index (χ3n) is 3.90. The lowest BCUT2D eigenvalue weighted by Gasteiger charge is -2.28. The molecule has 6 nitrogen and oxygen atoms in total. The van der Waals surface area contributed by atoms with Gasteiger partial charge in [0.25, 0.3) is 5.91 Å². The van der Waals surface area contributed by atoms with E-state index < -0.39 is 23.5 Å². The van der Waals surface area contributed by atoms with Crippen LogP contribution < -0.4 is 5.73 Å². The van der Waals surface area contributed by atoms with Crippen LogP contribution in [-0.4, -0.2) is 47.2 Å². The third-order valence-corrected chi connectivity index (χ3v) is 3.90. The summed E-state index contributed by atoms with van der Waals surface area (Å²) in [5.41, 5.74) is 6.12. The molecule has 2 rings (SSSR count). The molecule has 2 aromatic carbocycles. The van der Waals surface area contributed by atoms with Gasteiger partial charge >= 0.3 is 5.97 Å². The molecular formula is C19H24N2O4. The second kappa shape index (κ2) is 7.11. The van der Waals surface area contributed by atoms with Crippen LogP contribution in [0.4, 0.5) is 5.69 Å². The maximum Gasteiger partial charge on any atom is 0.328 e. The van der Waals surface area contributed by atoms with E-state index in [0.29, 0.717) is 5.69 Å². The van der Waals surface area contributed by atoms with Crippen LogP contribution in [0.3, 0.4) is 0 Å². The Kier molecular flexibility index (Phi) is 5.33. The Morgan fingerprint density at radius 3 is 2.28 bits per heavy atom. The third kappa shape index (κ3) is 4.48. The van der Waals surface area contributed by atoms with E-state index in [1.165, 1.54) is 7.05 Å². The number of likely N-dealkylation sites (N-methyl/N-ethyl adjacent to an activating group) is 1. The minimum atomic E-state index is -1.13. The number of carbonyl (C=O) groups excluding carboxylic acids is 1. The summed E-state index contributed by atoms with van der Waals surface area (Å²) in [6.07, 6.45) is 0. The Hall–Kier alpha value is -2.60. The normalized spacial score (nSPS) is 12.8. The first kappa shape index (κ1) is 18.7. The molecule has 3 N–H and O–H groups in total. The predicted molar refractivity (Wildman–Crippen MR) is 97.6 cm³/mol. The number of hydrogen-bond donors (Lipinski definition) is 2. The molecule has 0 aliphatic heterocycles. The Bertz CT molecular complexity index is 796. The summed E-state index contributed by atoms with van der Waals surface area (Å²) >= 11 is 0. The molecule has 0 aliphatic rings. The highest BCUT2D eigenvalue weighted by atomic mass is 16.5. The summed E-state index contributed by atoms with van der Waals surface area (Å²) in [5.74, 6) is -1.58. The number of aliphatic carboxylic acids is 1. The number of anilines is 1. The highest BCUT2D eigenvalue weighted by molar-refractivity contribution is 6.04. The van der Waals surface area contributed by atoms with Crippen LogP contribution in [0.1, 0.15) is 31.1 Å². The lowest BCUT2D eigenvalue weighted by molar-refractivity contribution is -0.146. The second-order valence-corrected chi connectivity index (χ2v) is 6.98. The zero-order valence-corrected chi connectivity index (χ0v) is 14.9. The Morgan fingerprint density at radius 1 is 1.20 bits per heavy atom. The maximum atomic E-state index is 12.8. The summed E-state index contributed by atoms with van der Waals surface area (Å²) in [6.45, 7) is 5.38. The van der Waals surface area contributed by atoms with E-state index in [9.17, 15) is 14.7 Å². The number of rotatable bonds is 5. The molecule has 1 unspecified atom stereocenters. The number of carboxylic acids is 1. The van der Waals surface area contributed by atoms with Crippen molar-refractivity contribution in [3.05, 3.63) is 42.0 Å². The van der Waals surface area contributed by atoms with E-state index in [0.717, 1.165) is 15.7 Å². The average molecular weight is 344 g/mol. The van der Waals surface area contributed by atoms with Gasteiger partial charge in [0, 0.05) is 12.7 Å². The molecule has 0 aliphatic carbocycles. The van der Waals surface area contributed by atoms with Crippen molar-refractivity contribution in [2.45, 2.75) is 32.4 Å². The first-order chi connectivity index (χ1) is 11.6. The largest absolute Gasteiger partial charge is 0.480 e. The molecule has 0 aromatic heterocycles. The Balaban J connectivity index is 2.30. The zero-order valence-electron chi connectivity index (χ0n) is 14.9. The van der Waals surface area contributed by atoms with Crippen molar-refractivity contribution in [2.75, 3.05) is 19.4 Å². The van der Waals surface area contributed by atoms with E-state index >= 15 is 0 Å². The number of nitrogen functional groups attached to an aromatic ring is 1. The quantitative estimate of drug-likeness (QED) is 0.814. The summed E-state index contributed by atoms with van der Waals surface area (Å²) in [7, 11) is 1.45. The average Bonchev–Trinajstić information content (AvgIpc) is 2.52. The van der Waals surface area contributed by atoms with Crippen molar-refractivity contribution in [3.63, 3.8) is 0 Å². The van der Waals surface area contributed by atoms with Gasteiger partial charge in [-0.15, -0.1) is 0 Å². The van der Waals surface area contributed by atoms with Crippen LogP contribution in [0.5, 0.6) is 0 Å². The molecule has 1 atom stereocenters. The van der Waals surface area contributed by atoms with Crippen molar-refractivity contribution in [3.8, 4) is 0 Å². The fraction of sp³-hybridized carbons (Fsp3) is 0.368. The van der Waals surface area contributed by atoms with E-state index in [2.05, 4.69) is 0 Å². The van der Waals surface area contributed by atoms with Crippen LogP contribution in [0.25, 0.3) is 10.8 Å². The molecule has 134 valence electrons. The first-order valence-electron chi connectivity index (χ1n) is 8.02. The molecule has 0 spiro atoms. The predicted octanol–water partition coefficient (Wildman–Crippen LogP) is 2.76. The van der Waals surface area contributed by atoms with E-state index in [4.69, 9.17) is 10.5 Å². The standard InChI is InChI=1S/C19H24N2O4/c1-19(2,3)25-11-16(18(23)24)21(4)17(22)14-9-12-7-5-6-8-13(12)10-15(14)20/h5-10,16H,11,20H2,1-4H3,(H,23,24). The highest BCUT2D eigenvalue weighted by Crippen LogP contribution is 2.23. The Morgan fingerprint density at radius 2 is 1.76 bits per heavy atom. The number of hydrogen-bond acceptors (Lipinski definition) is 4. The van der Waals surface area contributed by atoms with Crippen LogP contribution in [0, 0.1) is 0 Å². The summed E-state index contributed by atoms with van der Waals surface area (Å²) in [6, 6.07) is 9.85. The monoisotopic (exact) mass is 344 g/mol. The van der Waals surface area contributed by atoms with Gasteiger partial charge in [0.2, 0.25) is 0 Å². The fourth-order valence-corrected chi connectivity index (χ4v) is 2.45. The lowest BCUT2D eigenvalue weighted by Crippen LogP contribution is -2.46. The molecule has 1 amide bonds. The van der Waals surface area contributed by atoms with Gasteiger partial charge in [-0.2, -0.15) is 0 Å². The van der Waals surface area contributed by atoms with Gasteiger partial charge in [0.1, 0.15) is 0 Å². The number of nitrogens with two attached hydrogens (primary N) is 1. The van der Waals surface area contributed by atoms with Gasteiger partial charge < -0.3 is 20.5 Å². The van der Waals surface area contributed by atoms with Crippen molar-refractivity contribution in [2.24, 2.45) is 0 Å². The fourth-order valence-electron chi connectivity index (χ4n) is 2.45. The molecule has 6 heteroatoms. The maximum absolute atomic E-state index is 12.8. The number of fused-ring (bicyclic) bond motifs is 1. The Labute approximate surface area is 147 Å². The number of amides is 1. The number of carbonyl (C=O) groups is 2. The van der Waals surface area contributed by atoms with Gasteiger partial charge in [0.15, 0.2) is 6.04 Å². The van der Waals surface area contributed by atoms with Crippen LogP contribution in [0.2, 0.25) is 0 Å². The van der Waals surface area contributed by atoms with Crippen LogP contribution in [-0.2, 0) is 9.53 Å². The SMILES string of the molecule is CN(C(=O)c1cc2ccccc2cc1N)C(COC(C)(C)C)C(=O)O. The van der Waals surface area contributed by atoms with Crippen molar-refractivity contribution in [1.82, 2.24) is 4.90 Å². The van der Waals surface area contributed by atoms with E-state index in [1.54, 1.807) is 12.1 Å². The van der Waals surface area contributed by atoms with Crippen molar-refractivity contribution in [1.29, 1.82) is 0 Å². The first-order valence-corrected chi connectivity index (χ1v) is 8.02. The van der Waals surface area contributed by atoms with Gasteiger partial charge in [0.05, 0.1) is 17.8 Å². The molecule has 0 saturated heterocycles. The molecule has 0 bridgehead atoms.